The third-order valence-corrected chi connectivity index (χ3v) is 6.31. The van der Waals surface area contributed by atoms with Gasteiger partial charge in [0, 0.05) is 45.2 Å². The smallest absolute Gasteiger partial charge is 0.253 e. The maximum atomic E-state index is 12.1. The van der Waals surface area contributed by atoms with Crippen LogP contribution in [0.3, 0.4) is 0 Å². The van der Waals surface area contributed by atoms with E-state index in [2.05, 4.69) is 33.8 Å². The van der Waals surface area contributed by atoms with Crippen molar-refractivity contribution in [2.24, 2.45) is 4.99 Å². The minimum absolute atomic E-state index is 0.0102. The number of fused-ring (bicyclic) bond motifs is 1. The molecule has 0 saturated heterocycles. The number of carbonyl (C=O) groups is 1. The molecule has 1 heterocycles. The minimum atomic E-state index is -0.0559. The lowest BCUT2D eigenvalue weighted by molar-refractivity contribution is 0.0396. The van der Waals surface area contributed by atoms with Gasteiger partial charge in [0.05, 0.1) is 6.04 Å². The van der Waals surface area contributed by atoms with Crippen molar-refractivity contribution >= 4 is 11.9 Å². The number of ether oxygens (including phenoxy) is 1. The highest BCUT2D eigenvalue weighted by Gasteiger charge is 2.43. The Balaban J connectivity index is 1.42. The summed E-state index contributed by atoms with van der Waals surface area (Å²) >= 11 is 0. The Labute approximate surface area is 184 Å². The molecule has 1 aliphatic heterocycles. The van der Waals surface area contributed by atoms with Crippen molar-refractivity contribution < 1.29 is 9.53 Å². The molecule has 2 N–H and O–H groups in total. The molecule has 1 atom stereocenters. The van der Waals surface area contributed by atoms with Crippen molar-refractivity contribution in [3.8, 4) is 5.75 Å². The van der Waals surface area contributed by atoms with Crippen LogP contribution in [0.5, 0.6) is 5.75 Å². The predicted molar refractivity (Wildman–Crippen MR) is 123 cm³/mol. The Kier molecular flexibility index (Phi) is 6.16. The van der Waals surface area contributed by atoms with E-state index in [1.54, 1.807) is 26.0 Å². The molecule has 1 amide bonds. The molecule has 1 aliphatic carbocycles. The van der Waals surface area contributed by atoms with Gasteiger partial charge in [-0.05, 0) is 49.4 Å². The van der Waals surface area contributed by atoms with E-state index in [9.17, 15) is 4.79 Å². The molecule has 1 saturated carbocycles. The summed E-state index contributed by atoms with van der Waals surface area (Å²) in [6, 6.07) is 16.2. The average Bonchev–Trinajstić information content (AvgIpc) is 3.23. The molecule has 0 bridgehead atoms. The van der Waals surface area contributed by atoms with Crippen molar-refractivity contribution in [3.63, 3.8) is 0 Å². The lowest BCUT2D eigenvalue weighted by Crippen LogP contribution is -2.46. The van der Waals surface area contributed by atoms with Crippen molar-refractivity contribution in [1.82, 2.24) is 15.5 Å². The number of aliphatic imine (C=N–C) groups is 1. The first-order valence-electron chi connectivity index (χ1n) is 11.1. The van der Waals surface area contributed by atoms with Gasteiger partial charge in [-0.15, -0.1) is 0 Å². The summed E-state index contributed by atoms with van der Waals surface area (Å²) in [5, 5.41) is 7.04. The summed E-state index contributed by atoms with van der Waals surface area (Å²) in [5.74, 6) is 1.77. The molecule has 0 radical (unpaired) electrons. The number of guanidine groups is 1. The number of carbonyl (C=O) groups excluding carboxylic acids is 1. The van der Waals surface area contributed by atoms with E-state index in [4.69, 9.17) is 4.74 Å². The molecule has 6 nitrogen and oxygen atoms in total. The van der Waals surface area contributed by atoms with Crippen molar-refractivity contribution in [2.75, 3.05) is 21.1 Å². The molecule has 31 heavy (non-hydrogen) atoms. The molecule has 1 unspecified atom stereocenters. The molecular weight excluding hydrogens is 388 g/mol. The Morgan fingerprint density at radius 3 is 2.52 bits per heavy atom. The zero-order chi connectivity index (χ0) is 21.8. The van der Waals surface area contributed by atoms with Gasteiger partial charge in [0.1, 0.15) is 11.4 Å². The van der Waals surface area contributed by atoms with Gasteiger partial charge < -0.3 is 20.3 Å². The lowest BCUT2D eigenvalue weighted by Gasteiger charge is -2.40. The number of hydrogen-bond acceptors (Lipinski definition) is 3. The molecular formula is C25H32N4O2. The quantitative estimate of drug-likeness (QED) is 0.582. The fraction of sp³-hybridized carbons (Fsp3) is 0.440. The van der Waals surface area contributed by atoms with Gasteiger partial charge in [-0.1, -0.05) is 30.3 Å². The first kappa shape index (κ1) is 21.2. The van der Waals surface area contributed by atoms with E-state index in [0.29, 0.717) is 12.1 Å². The number of nitrogens with one attached hydrogen (secondary N) is 2. The SMILES string of the molecule is CN=C(NCc1ccc(C(=O)N(C)C)cc1)NC1CC2(CCCC2)Oc2ccccc21. The average molecular weight is 421 g/mol. The fourth-order valence-electron chi connectivity index (χ4n) is 4.64. The van der Waals surface area contributed by atoms with Crippen molar-refractivity contribution in [3.05, 3.63) is 65.2 Å². The first-order chi connectivity index (χ1) is 15.0. The van der Waals surface area contributed by atoms with Gasteiger partial charge in [0.25, 0.3) is 5.91 Å². The molecule has 4 rings (SSSR count). The second-order valence-electron chi connectivity index (χ2n) is 8.75. The van der Waals surface area contributed by atoms with Gasteiger partial charge >= 0.3 is 0 Å². The van der Waals surface area contributed by atoms with Crippen LogP contribution < -0.4 is 15.4 Å². The van der Waals surface area contributed by atoms with Crippen LogP contribution >= 0.6 is 0 Å². The standard InChI is InChI=1S/C25H32N4O2/c1-26-24(27-17-18-10-12-19(13-11-18)23(30)29(2)3)28-21-16-25(14-6-7-15-25)31-22-9-5-4-8-20(21)22/h4-5,8-13,21H,6-7,14-17H2,1-3H3,(H2,26,27,28). The highest BCUT2D eigenvalue weighted by Crippen LogP contribution is 2.46. The topological polar surface area (TPSA) is 66.0 Å². The second kappa shape index (κ2) is 9.00. The van der Waals surface area contributed by atoms with Gasteiger partial charge in [-0.2, -0.15) is 0 Å². The van der Waals surface area contributed by atoms with E-state index in [-0.39, 0.29) is 17.6 Å². The summed E-state index contributed by atoms with van der Waals surface area (Å²) in [7, 11) is 5.32. The summed E-state index contributed by atoms with van der Waals surface area (Å²) in [5.41, 5.74) is 2.92. The summed E-state index contributed by atoms with van der Waals surface area (Å²) in [6.45, 7) is 0.631. The molecule has 2 aromatic rings. The van der Waals surface area contributed by atoms with Crippen LogP contribution in [0, 0.1) is 0 Å². The molecule has 2 aliphatic rings. The van der Waals surface area contributed by atoms with Gasteiger partial charge in [-0.3, -0.25) is 9.79 Å². The van der Waals surface area contributed by atoms with Gasteiger partial charge in [0.15, 0.2) is 5.96 Å². The Hall–Kier alpha value is -3.02. The minimum Gasteiger partial charge on any atom is -0.487 e. The van der Waals surface area contributed by atoms with E-state index >= 15 is 0 Å². The maximum absolute atomic E-state index is 12.1. The van der Waals surface area contributed by atoms with Crippen LogP contribution in [0.4, 0.5) is 0 Å². The Bertz CT molecular complexity index is 946. The van der Waals surface area contributed by atoms with Crippen LogP contribution in [0.25, 0.3) is 0 Å². The van der Waals surface area contributed by atoms with E-state index in [1.165, 1.54) is 18.4 Å². The number of rotatable bonds is 4. The normalized spacial score (nSPS) is 19.5. The largest absolute Gasteiger partial charge is 0.487 e. The number of para-hydroxylation sites is 1. The van der Waals surface area contributed by atoms with Gasteiger partial charge in [0.2, 0.25) is 0 Å². The van der Waals surface area contributed by atoms with Crippen LogP contribution in [0.2, 0.25) is 0 Å². The molecule has 164 valence electrons. The van der Waals surface area contributed by atoms with Gasteiger partial charge in [-0.25, -0.2) is 0 Å². The fourth-order valence-corrected chi connectivity index (χ4v) is 4.64. The highest BCUT2D eigenvalue weighted by atomic mass is 16.5. The highest BCUT2D eigenvalue weighted by molar-refractivity contribution is 5.93. The molecule has 1 fully saturated rings. The van der Waals surface area contributed by atoms with E-state index in [1.807, 2.05) is 30.3 Å². The molecule has 1 spiro atoms. The monoisotopic (exact) mass is 420 g/mol. The molecule has 0 aromatic heterocycles. The summed E-state index contributed by atoms with van der Waals surface area (Å²) in [6.07, 6.45) is 5.64. The molecule has 2 aromatic carbocycles. The summed E-state index contributed by atoms with van der Waals surface area (Å²) < 4.78 is 6.47. The van der Waals surface area contributed by atoms with Crippen LogP contribution in [0.1, 0.15) is 59.6 Å². The summed E-state index contributed by atoms with van der Waals surface area (Å²) in [4.78, 5) is 18.1. The number of nitrogens with zero attached hydrogens (tertiary/aromatic N) is 2. The lowest BCUT2D eigenvalue weighted by atomic mass is 9.86. The zero-order valence-corrected chi connectivity index (χ0v) is 18.6. The van der Waals surface area contributed by atoms with E-state index in [0.717, 1.165) is 36.5 Å². The van der Waals surface area contributed by atoms with Crippen LogP contribution in [-0.2, 0) is 6.54 Å². The third kappa shape index (κ3) is 4.68. The molecule has 6 heteroatoms. The number of hydrogen-bond donors (Lipinski definition) is 2. The third-order valence-electron chi connectivity index (χ3n) is 6.31. The Morgan fingerprint density at radius 2 is 1.84 bits per heavy atom. The number of amides is 1. The zero-order valence-electron chi connectivity index (χ0n) is 18.6. The van der Waals surface area contributed by atoms with Crippen molar-refractivity contribution in [2.45, 2.75) is 50.3 Å². The van der Waals surface area contributed by atoms with Crippen LogP contribution in [0.15, 0.2) is 53.5 Å². The maximum Gasteiger partial charge on any atom is 0.253 e. The second-order valence-corrected chi connectivity index (χ2v) is 8.75. The van der Waals surface area contributed by atoms with Crippen molar-refractivity contribution in [1.29, 1.82) is 0 Å². The Morgan fingerprint density at radius 1 is 1.13 bits per heavy atom. The van der Waals surface area contributed by atoms with E-state index < -0.39 is 0 Å². The first-order valence-corrected chi connectivity index (χ1v) is 11.1. The van der Waals surface area contributed by atoms with Crippen LogP contribution in [-0.4, -0.2) is 43.5 Å². The number of benzene rings is 2. The predicted octanol–water partition coefficient (Wildman–Crippen LogP) is 3.89.